The number of aryl methyl sites for hydroxylation is 3. The fourth-order valence-corrected chi connectivity index (χ4v) is 4.21. The van der Waals surface area contributed by atoms with E-state index in [4.69, 9.17) is 4.98 Å². The SMILES string of the molecule is Cc1nc2c(cnn2C(C)C)c(C)c1CCC(=O)N[C@H](c1ccccc1)c1nccn1C. The molecule has 1 atom stereocenters. The molecule has 1 amide bonds. The van der Waals surface area contributed by atoms with Crippen molar-refractivity contribution >= 4 is 16.9 Å². The van der Waals surface area contributed by atoms with Gasteiger partial charge in [-0.15, -0.1) is 0 Å². The number of nitrogens with one attached hydrogen (secondary N) is 1. The lowest BCUT2D eigenvalue weighted by molar-refractivity contribution is -0.121. The molecule has 4 aromatic rings. The number of imidazole rings is 1. The molecular formula is C25H30N6O. The first-order chi connectivity index (χ1) is 15.4. The standard InChI is InChI=1S/C25H30N6O/c1-16(2)31-24-21(15-27-31)17(3)20(18(4)28-24)11-12-22(32)29-23(19-9-7-6-8-10-19)25-26-13-14-30(25)5/h6-10,13-16,23H,11-12H2,1-5H3,(H,29,32)/t23-/m1/s1. The predicted molar refractivity (Wildman–Crippen MR) is 125 cm³/mol. The van der Waals surface area contributed by atoms with Crippen molar-refractivity contribution in [2.75, 3.05) is 0 Å². The average Bonchev–Trinajstić information content (AvgIpc) is 3.38. The maximum Gasteiger partial charge on any atom is 0.221 e. The molecule has 0 aliphatic heterocycles. The maximum absolute atomic E-state index is 13.0. The van der Waals surface area contributed by atoms with Gasteiger partial charge in [-0.2, -0.15) is 5.10 Å². The second-order valence-electron chi connectivity index (χ2n) is 8.53. The Balaban J connectivity index is 1.54. The minimum Gasteiger partial charge on any atom is -0.342 e. The van der Waals surface area contributed by atoms with Crippen molar-refractivity contribution < 1.29 is 4.79 Å². The molecule has 7 nitrogen and oxygen atoms in total. The first-order valence-corrected chi connectivity index (χ1v) is 11.0. The summed E-state index contributed by atoms with van der Waals surface area (Å²) in [5.74, 6) is 0.791. The van der Waals surface area contributed by atoms with Crippen LogP contribution in [-0.4, -0.2) is 30.2 Å². The summed E-state index contributed by atoms with van der Waals surface area (Å²) in [6.45, 7) is 8.30. The Labute approximate surface area is 188 Å². The van der Waals surface area contributed by atoms with Gasteiger partial charge in [0.2, 0.25) is 5.91 Å². The van der Waals surface area contributed by atoms with E-state index < -0.39 is 0 Å². The molecule has 1 N–H and O–H groups in total. The summed E-state index contributed by atoms with van der Waals surface area (Å²) in [4.78, 5) is 22.3. The number of hydrogen-bond donors (Lipinski definition) is 1. The van der Waals surface area contributed by atoms with Gasteiger partial charge in [-0.1, -0.05) is 30.3 Å². The normalized spacial score (nSPS) is 12.4. The molecule has 0 aliphatic carbocycles. The highest BCUT2D eigenvalue weighted by Gasteiger charge is 2.21. The highest BCUT2D eigenvalue weighted by Crippen LogP contribution is 2.26. The zero-order valence-corrected chi connectivity index (χ0v) is 19.3. The number of amides is 1. The molecule has 166 valence electrons. The minimum atomic E-state index is -0.296. The molecule has 0 saturated carbocycles. The van der Waals surface area contributed by atoms with Gasteiger partial charge in [0.1, 0.15) is 11.9 Å². The zero-order chi connectivity index (χ0) is 22.8. The number of nitrogens with zero attached hydrogens (tertiary/aromatic N) is 5. The lowest BCUT2D eigenvalue weighted by atomic mass is 10.00. The summed E-state index contributed by atoms with van der Waals surface area (Å²) in [7, 11) is 1.94. The number of carbonyl (C=O) groups is 1. The molecule has 1 aromatic carbocycles. The van der Waals surface area contributed by atoms with E-state index in [0.717, 1.165) is 39.2 Å². The molecule has 7 heteroatoms. The van der Waals surface area contributed by atoms with Crippen LogP contribution in [0.4, 0.5) is 0 Å². The molecule has 0 unspecified atom stereocenters. The summed E-state index contributed by atoms with van der Waals surface area (Å²) in [5.41, 5.74) is 5.13. The van der Waals surface area contributed by atoms with Gasteiger partial charge < -0.3 is 9.88 Å². The Morgan fingerprint density at radius 3 is 2.56 bits per heavy atom. The second-order valence-corrected chi connectivity index (χ2v) is 8.53. The summed E-state index contributed by atoms with van der Waals surface area (Å²) >= 11 is 0. The summed E-state index contributed by atoms with van der Waals surface area (Å²) < 4.78 is 3.89. The summed E-state index contributed by atoms with van der Waals surface area (Å²) in [6, 6.07) is 9.89. The quantitative estimate of drug-likeness (QED) is 0.477. The number of rotatable bonds is 7. The van der Waals surface area contributed by atoms with Crippen molar-refractivity contribution in [2.24, 2.45) is 7.05 Å². The van der Waals surface area contributed by atoms with Crippen LogP contribution in [0.2, 0.25) is 0 Å². The van der Waals surface area contributed by atoms with Crippen LogP contribution in [0.1, 0.15) is 60.6 Å². The van der Waals surface area contributed by atoms with Crippen LogP contribution in [0.15, 0.2) is 48.9 Å². The van der Waals surface area contributed by atoms with Crippen molar-refractivity contribution in [1.82, 2.24) is 29.6 Å². The van der Waals surface area contributed by atoms with Gasteiger partial charge in [-0.3, -0.25) is 4.79 Å². The molecule has 0 aliphatic rings. The van der Waals surface area contributed by atoms with Gasteiger partial charge in [0, 0.05) is 43.0 Å². The fraction of sp³-hybridized carbons (Fsp3) is 0.360. The van der Waals surface area contributed by atoms with Crippen LogP contribution in [0.25, 0.3) is 11.0 Å². The van der Waals surface area contributed by atoms with E-state index in [1.54, 1.807) is 6.20 Å². The number of carbonyl (C=O) groups excluding carboxylic acids is 1. The highest BCUT2D eigenvalue weighted by molar-refractivity contribution is 5.81. The van der Waals surface area contributed by atoms with Crippen LogP contribution in [0.5, 0.6) is 0 Å². The van der Waals surface area contributed by atoms with E-state index in [0.29, 0.717) is 12.8 Å². The van der Waals surface area contributed by atoms with Crippen molar-refractivity contribution in [3.05, 3.63) is 77.1 Å². The van der Waals surface area contributed by atoms with E-state index >= 15 is 0 Å². The summed E-state index contributed by atoms with van der Waals surface area (Å²) in [6.07, 6.45) is 6.53. The Kier molecular flexibility index (Phi) is 6.08. The third-order valence-electron chi connectivity index (χ3n) is 5.98. The molecule has 0 fully saturated rings. The van der Waals surface area contributed by atoms with Crippen LogP contribution >= 0.6 is 0 Å². The monoisotopic (exact) mass is 430 g/mol. The molecule has 0 saturated heterocycles. The van der Waals surface area contributed by atoms with Gasteiger partial charge in [-0.25, -0.2) is 14.6 Å². The lowest BCUT2D eigenvalue weighted by Gasteiger charge is -2.19. The topological polar surface area (TPSA) is 77.6 Å². The van der Waals surface area contributed by atoms with E-state index in [1.807, 2.05) is 65.9 Å². The maximum atomic E-state index is 13.0. The molecule has 3 heterocycles. The largest absolute Gasteiger partial charge is 0.342 e. The van der Waals surface area contributed by atoms with E-state index in [9.17, 15) is 4.79 Å². The van der Waals surface area contributed by atoms with Gasteiger partial charge in [-0.05, 0) is 50.8 Å². The van der Waals surface area contributed by atoms with E-state index in [2.05, 4.69) is 36.2 Å². The van der Waals surface area contributed by atoms with Crippen LogP contribution in [-0.2, 0) is 18.3 Å². The van der Waals surface area contributed by atoms with Crippen LogP contribution in [0, 0.1) is 13.8 Å². The number of aromatic nitrogens is 5. The smallest absolute Gasteiger partial charge is 0.221 e. The predicted octanol–water partition coefficient (Wildman–Crippen LogP) is 4.20. The number of benzene rings is 1. The number of pyridine rings is 1. The molecule has 0 radical (unpaired) electrons. The zero-order valence-electron chi connectivity index (χ0n) is 19.3. The lowest BCUT2D eigenvalue weighted by Crippen LogP contribution is -2.31. The molecule has 32 heavy (non-hydrogen) atoms. The Hall–Kier alpha value is -3.48. The Morgan fingerprint density at radius 2 is 1.91 bits per heavy atom. The van der Waals surface area contributed by atoms with Crippen molar-refractivity contribution in [1.29, 1.82) is 0 Å². The minimum absolute atomic E-state index is 0.0152. The third-order valence-corrected chi connectivity index (χ3v) is 5.98. The van der Waals surface area contributed by atoms with Gasteiger partial charge in [0.05, 0.1) is 6.20 Å². The Morgan fingerprint density at radius 1 is 1.16 bits per heavy atom. The summed E-state index contributed by atoms with van der Waals surface area (Å²) in [5, 5.41) is 8.74. The highest BCUT2D eigenvalue weighted by atomic mass is 16.1. The first-order valence-electron chi connectivity index (χ1n) is 11.0. The molecular weight excluding hydrogens is 400 g/mol. The van der Waals surface area contributed by atoms with Crippen LogP contribution in [0.3, 0.4) is 0 Å². The molecule has 3 aromatic heterocycles. The van der Waals surface area contributed by atoms with E-state index in [-0.39, 0.29) is 18.0 Å². The number of fused-ring (bicyclic) bond motifs is 1. The number of hydrogen-bond acceptors (Lipinski definition) is 4. The third kappa shape index (κ3) is 4.15. The van der Waals surface area contributed by atoms with Crippen molar-refractivity contribution in [2.45, 2.75) is 52.6 Å². The van der Waals surface area contributed by atoms with Crippen LogP contribution < -0.4 is 5.32 Å². The average molecular weight is 431 g/mol. The second kappa shape index (κ2) is 8.94. The van der Waals surface area contributed by atoms with Gasteiger partial charge >= 0.3 is 0 Å². The van der Waals surface area contributed by atoms with Gasteiger partial charge in [0.25, 0.3) is 0 Å². The van der Waals surface area contributed by atoms with Gasteiger partial charge in [0.15, 0.2) is 5.65 Å². The van der Waals surface area contributed by atoms with Crippen molar-refractivity contribution in [3.8, 4) is 0 Å². The molecule has 4 rings (SSSR count). The fourth-order valence-electron chi connectivity index (χ4n) is 4.21. The van der Waals surface area contributed by atoms with E-state index in [1.165, 1.54) is 0 Å². The first kappa shape index (κ1) is 21.7. The van der Waals surface area contributed by atoms with Crippen molar-refractivity contribution in [3.63, 3.8) is 0 Å². The Bertz CT molecular complexity index is 1240. The molecule has 0 spiro atoms. The molecule has 0 bridgehead atoms.